The van der Waals surface area contributed by atoms with E-state index in [1.165, 1.54) is 0 Å². The van der Waals surface area contributed by atoms with Crippen LogP contribution in [0.5, 0.6) is 0 Å². The third kappa shape index (κ3) is 3.80. The number of hydrogen-bond acceptors (Lipinski definition) is 3. The van der Waals surface area contributed by atoms with Gasteiger partial charge in [0.05, 0.1) is 11.4 Å². The highest BCUT2D eigenvalue weighted by Crippen LogP contribution is 2.28. The van der Waals surface area contributed by atoms with Crippen molar-refractivity contribution >= 4 is 28.4 Å². The lowest BCUT2D eigenvalue weighted by molar-refractivity contribution is -0.122. The number of benzene rings is 2. The minimum atomic E-state index is -0.244. The zero-order valence-corrected chi connectivity index (χ0v) is 17.7. The summed E-state index contributed by atoms with van der Waals surface area (Å²) in [5.41, 5.74) is 4.28. The molecule has 1 N–H and O–H groups in total. The molecule has 2 aromatic carbocycles. The molecule has 30 heavy (non-hydrogen) atoms. The van der Waals surface area contributed by atoms with E-state index in [1.54, 1.807) is 6.20 Å². The summed E-state index contributed by atoms with van der Waals surface area (Å²) in [6, 6.07) is 15.4. The van der Waals surface area contributed by atoms with Gasteiger partial charge in [-0.3, -0.25) is 14.6 Å². The van der Waals surface area contributed by atoms with Crippen molar-refractivity contribution in [3.05, 3.63) is 71.4 Å². The molecule has 1 fully saturated rings. The Hall–Kier alpha value is -3.21. The fourth-order valence-corrected chi connectivity index (χ4v) is 4.45. The average Bonchev–Trinajstić information content (AvgIpc) is 2.73. The topological polar surface area (TPSA) is 62.3 Å². The lowest BCUT2D eigenvalue weighted by Crippen LogP contribution is -2.50. The van der Waals surface area contributed by atoms with Crippen LogP contribution < -0.4 is 5.32 Å². The number of nitrogens with one attached hydrogen (secondary N) is 1. The second kappa shape index (κ2) is 8.27. The van der Waals surface area contributed by atoms with Gasteiger partial charge in [0, 0.05) is 35.4 Å². The maximum atomic E-state index is 13.3. The van der Waals surface area contributed by atoms with Gasteiger partial charge in [0.25, 0.3) is 5.91 Å². The van der Waals surface area contributed by atoms with E-state index in [2.05, 4.69) is 10.3 Å². The first kappa shape index (κ1) is 20.1. The van der Waals surface area contributed by atoms with Gasteiger partial charge in [0.1, 0.15) is 0 Å². The van der Waals surface area contributed by atoms with E-state index >= 15 is 0 Å². The molecule has 1 saturated heterocycles. The summed E-state index contributed by atoms with van der Waals surface area (Å²) in [5.74, 6) is -0.270. The predicted octanol–water partition coefficient (Wildman–Crippen LogP) is 4.73. The molecule has 3 aromatic rings. The van der Waals surface area contributed by atoms with Crippen molar-refractivity contribution in [1.82, 2.24) is 9.88 Å². The van der Waals surface area contributed by atoms with Gasteiger partial charge < -0.3 is 10.2 Å². The summed E-state index contributed by atoms with van der Waals surface area (Å²) >= 11 is 0. The first-order valence-electron chi connectivity index (χ1n) is 10.5. The molecule has 0 spiro atoms. The Balaban J connectivity index is 1.52. The van der Waals surface area contributed by atoms with Crippen LogP contribution in [-0.2, 0) is 4.79 Å². The van der Waals surface area contributed by atoms with E-state index < -0.39 is 0 Å². The van der Waals surface area contributed by atoms with Crippen LogP contribution in [0.15, 0.2) is 54.7 Å². The van der Waals surface area contributed by atoms with E-state index in [4.69, 9.17) is 0 Å². The maximum absolute atomic E-state index is 13.3. The molecule has 0 bridgehead atoms. The highest BCUT2D eigenvalue weighted by atomic mass is 16.2. The number of anilines is 1. The highest BCUT2D eigenvalue weighted by molar-refractivity contribution is 5.99. The van der Waals surface area contributed by atoms with Crippen LogP contribution in [0.2, 0.25) is 0 Å². The number of nitrogens with zero attached hydrogens (tertiary/aromatic N) is 2. The smallest absolute Gasteiger partial charge is 0.254 e. The normalized spacial score (nSPS) is 19.0. The van der Waals surface area contributed by atoms with E-state index in [0.717, 1.165) is 46.1 Å². The molecule has 1 aliphatic rings. The van der Waals surface area contributed by atoms with E-state index in [0.29, 0.717) is 6.54 Å². The van der Waals surface area contributed by atoms with Crippen LogP contribution in [0.3, 0.4) is 0 Å². The van der Waals surface area contributed by atoms with Crippen LogP contribution >= 0.6 is 0 Å². The fourth-order valence-electron chi connectivity index (χ4n) is 4.45. The number of aromatic nitrogens is 1. The standard InChI is InChI=1S/C25H27N3O2/c1-16-7-4-8-17(2)23(16)25(30)28-14-6-10-21(18(28)3)24(29)27-20-12-11-19-9-5-13-26-22(19)15-20/h4-5,7-9,11-13,15,18,21H,6,10,14H2,1-3H3,(H,27,29)/t18-,21-/m0/s1. The van der Waals surface area contributed by atoms with Gasteiger partial charge in [-0.15, -0.1) is 0 Å². The average molecular weight is 402 g/mol. The Labute approximate surface area is 177 Å². The quantitative estimate of drug-likeness (QED) is 0.690. The van der Waals surface area contributed by atoms with Gasteiger partial charge in [-0.1, -0.05) is 30.3 Å². The SMILES string of the molecule is Cc1cccc(C)c1C(=O)N1CCC[C@H](C(=O)Nc2ccc3cccnc3c2)[C@@H]1C. The third-order valence-electron chi connectivity index (χ3n) is 6.15. The lowest BCUT2D eigenvalue weighted by Gasteiger charge is -2.39. The fraction of sp³-hybridized carbons (Fsp3) is 0.320. The second-order valence-electron chi connectivity index (χ2n) is 8.15. The molecule has 5 heteroatoms. The van der Waals surface area contributed by atoms with Crippen LogP contribution in [0, 0.1) is 19.8 Å². The number of piperidine rings is 1. The van der Waals surface area contributed by atoms with Crippen molar-refractivity contribution in [2.75, 3.05) is 11.9 Å². The summed E-state index contributed by atoms with van der Waals surface area (Å²) in [4.78, 5) is 32.6. The Morgan fingerprint density at radius 2 is 1.83 bits per heavy atom. The number of carbonyl (C=O) groups excluding carboxylic acids is 2. The number of likely N-dealkylation sites (tertiary alicyclic amines) is 1. The van der Waals surface area contributed by atoms with Crippen molar-refractivity contribution in [2.45, 2.75) is 39.7 Å². The number of hydrogen-bond donors (Lipinski definition) is 1. The van der Waals surface area contributed by atoms with Crippen molar-refractivity contribution in [3.63, 3.8) is 0 Å². The van der Waals surface area contributed by atoms with Crippen molar-refractivity contribution in [1.29, 1.82) is 0 Å². The Morgan fingerprint density at radius 1 is 1.07 bits per heavy atom. The molecule has 2 atom stereocenters. The first-order chi connectivity index (χ1) is 14.5. The Morgan fingerprint density at radius 3 is 2.60 bits per heavy atom. The van der Waals surface area contributed by atoms with E-state index in [9.17, 15) is 9.59 Å². The van der Waals surface area contributed by atoms with E-state index in [-0.39, 0.29) is 23.8 Å². The molecule has 2 heterocycles. The van der Waals surface area contributed by atoms with Crippen molar-refractivity contribution < 1.29 is 9.59 Å². The Bertz CT molecular complexity index is 1090. The number of pyridine rings is 1. The van der Waals surface area contributed by atoms with Gasteiger partial charge in [-0.2, -0.15) is 0 Å². The van der Waals surface area contributed by atoms with Gasteiger partial charge in [-0.05, 0) is 62.9 Å². The first-order valence-corrected chi connectivity index (χ1v) is 10.5. The summed E-state index contributed by atoms with van der Waals surface area (Å²) in [5, 5.41) is 4.07. The Kier molecular flexibility index (Phi) is 5.53. The van der Waals surface area contributed by atoms with Crippen molar-refractivity contribution in [3.8, 4) is 0 Å². The highest BCUT2D eigenvalue weighted by Gasteiger charge is 2.36. The van der Waals surface area contributed by atoms with Crippen LogP contribution in [0.1, 0.15) is 41.3 Å². The van der Waals surface area contributed by atoms with Gasteiger partial charge in [0.2, 0.25) is 5.91 Å². The largest absolute Gasteiger partial charge is 0.335 e. The molecule has 154 valence electrons. The van der Waals surface area contributed by atoms with Gasteiger partial charge >= 0.3 is 0 Å². The second-order valence-corrected chi connectivity index (χ2v) is 8.15. The third-order valence-corrected chi connectivity index (χ3v) is 6.15. The van der Waals surface area contributed by atoms with Crippen LogP contribution in [-0.4, -0.2) is 34.3 Å². The number of aryl methyl sites for hydroxylation is 2. The molecule has 5 nitrogen and oxygen atoms in total. The van der Waals surface area contributed by atoms with Crippen molar-refractivity contribution in [2.24, 2.45) is 5.92 Å². The summed E-state index contributed by atoms with van der Waals surface area (Å²) < 4.78 is 0. The maximum Gasteiger partial charge on any atom is 0.254 e. The van der Waals surface area contributed by atoms with Gasteiger partial charge in [-0.25, -0.2) is 0 Å². The monoisotopic (exact) mass is 401 g/mol. The summed E-state index contributed by atoms with van der Waals surface area (Å²) in [6.45, 7) is 6.59. The zero-order chi connectivity index (χ0) is 21.3. The molecule has 0 saturated carbocycles. The zero-order valence-electron chi connectivity index (χ0n) is 17.7. The molecule has 4 rings (SSSR count). The van der Waals surface area contributed by atoms with E-state index in [1.807, 2.05) is 74.2 Å². The molecule has 2 amide bonds. The number of fused-ring (bicyclic) bond motifs is 1. The molecule has 0 aliphatic carbocycles. The summed E-state index contributed by atoms with van der Waals surface area (Å²) in [7, 11) is 0. The molecule has 0 radical (unpaired) electrons. The number of amides is 2. The van der Waals surface area contributed by atoms with Gasteiger partial charge in [0.15, 0.2) is 0 Å². The number of rotatable bonds is 3. The molecule has 1 aliphatic heterocycles. The molecule has 0 unspecified atom stereocenters. The number of carbonyl (C=O) groups is 2. The lowest BCUT2D eigenvalue weighted by atomic mass is 9.88. The van der Waals surface area contributed by atoms with Crippen LogP contribution in [0.25, 0.3) is 10.9 Å². The summed E-state index contributed by atoms with van der Waals surface area (Å²) in [6.07, 6.45) is 3.34. The molecular formula is C25H27N3O2. The van der Waals surface area contributed by atoms with Crippen LogP contribution in [0.4, 0.5) is 5.69 Å². The minimum Gasteiger partial charge on any atom is -0.335 e. The molecular weight excluding hydrogens is 374 g/mol. The predicted molar refractivity (Wildman–Crippen MR) is 120 cm³/mol. The molecule has 1 aromatic heterocycles. The minimum absolute atomic E-state index is 0.0190.